The van der Waals surface area contributed by atoms with E-state index in [1.165, 1.54) is 0 Å². The maximum absolute atomic E-state index is 11.8. The second-order valence-electron chi connectivity index (χ2n) is 4.87. The van der Waals surface area contributed by atoms with Gasteiger partial charge in [-0.05, 0) is 44.1 Å². The van der Waals surface area contributed by atoms with E-state index >= 15 is 0 Å². The summed E-state index contributed by atoms with van der Waals surface area (Å²) in [5.41, 5.74) is 0.938. The van der Waals surface area contributed by atoms with Crippen molar-refractivity contribution in [3.63, 3.8) is 0 Å². The minimum Gasteiger partial charge on any atom is -0.456 e. The summed E-state index contributed by atoms with van der Waals surface area (Å²) in [4.78, 5) is 19.7. The molecule has 92 valence electrons. The number of nitrogens with zero attached hydrogens (tertiary/aromatic N) is 2. The highest BCUT2D eigenvalue weighted by atomic mass is 16.5. The normalized spacial score (nSPS) is 24.4. The van der Waals surface area contributed by atoms with Crippen LogP contribution in [0.5, 0.6) is 0 Å². The molecule has 0 bridgehead atoms. The molecule has 1 aliphatic carbocycles. The van der Waals surface area contributed by atoms with Crippen molar-refractivity contribution in [3.05, 3.63) is 23.8 Å². The van der Waals surface area contributed by atoms with E-state index < -0.39 is 5.97 Å². The van der Waals surface area contributed by atoms with Gasteiger partial charge < -0.3 is 4.74 Å². The molecule has 1 aliphatic rings. The number of carbonyl (C=O) groups excluding carboxylic acids is 1. The first-order chi connectivity index (χ1) is 8.15. The van der Waals surface area contributed by atoms with Crippen LogP contribution in [0.4, 0.5) is 0 Å². The number of aromatic nitrogens is 2. The summed E-state index contributed by atoms with van der Waals surface area (Å²) in [6.07, 6.45) is 7.49. The Morgan fingerprint density at radius 1 is 1.24 bits per heavy atom. The number of rotatable bonds is 2. The zero-order valence-electron chi connectivity index (χ0n) is 10.3. The maximum atomic E-state index is 11.8. The third-order valence-corrected chi connectivity index (χ3v) is 3.20. The van der Waals surface area contributed by atoms with Gasteiger partial charge in [0, 0.05) is 12.4 Å². The van der Waals surface area contributed by atoms with Crippen LogP contribution in [0.1, 0.15) is 48.8 Å². The quantitative estimate of drug-likeness (QED) is 0.738. The third-order valence-electron chi connectivity index (χ3n) is 3.20. The molecule has 0 atom stereocenters. The Balaban J connectivity index is 1.91. The first-order valence-corrected chi connectivity index (χ1v) is 6.15. The number of ether oxygens (including phenoxy) is 1. The van der Waals surface area contributed by atoms with Gasteiger partial charge in [-0.15, -0.1) is 0 Å². The van der Waals surface area contributed by atoms with Gasteiger partial charge in [0.15, 0.2) is 0 Å². The van der Waals surface area contributed by atoms with E-state index in [2.05, 4.69) is 16.9 Å². The number of esters is 1. The van der Waals surface area contributed by atoms with E-state index in [1.807, 2.05) is 6.92 Å². The van der Waals surface area contributed by atoms with Crippen LogP contribution in [0.25, 0.3) is 0 Å². The highest BCUT2D eigenvalue weighted by Crippen LogP contribution is 2.25. The molecule has 0 saturated heterocycles. The van der Waals surface area contributed by atoms with Crippen molar-refractivity contribution in [2.45, 2.75) is 45.6 Å². The molecular formula is C13H18N2O2. The molecule has 0 amide bonds. The van der Waals surface area contributed by atoms with Gasteiger partial charge in [-0.3, -0.25) is 0 Å². The van der Waals surface area contributed by atoms with Crippen LogP contribution in [-0.4, -0.2) is 22.0 Å². The second-order valence-corrected chi connectivity index (χ2v) is 4.87. The SMILES string of the molecule is Cc1cnc(C(=O)OC2CCC(C)CC2)nc1. The van der Waals surface area contributed by atoms with Crippen LogP contribution in [-0.2, 0) is 4.74 Å². The number of hydrogen-bond acceptors (Lipinski definition) is 4. The Bertz CT molecular complexity index is 381. The average molecular weight is 234 g/mol. The summed E-state index contributed by atoms with van der Waals surface area (Å²) in [5, 5.41) is 0. The second kappa shape index (κ2) is 5.25. The molecule has 4 nitrogen and oxygen atoms in total. The third kappa shape index (κ3) is 3.25. The minimum absolute atomic E-state index is 0.0450. The lowest BCUT2D eigenvalue weighted by molar-refractivity contribution is 0.0160. The molecule has 1 fully saturated rings. The lowest BCUT2D eigenvalue weighted by atomic mass is 9.89. The van der Waals surface area contributed by atoms with E-state index in [0.29, 0.717) is 0 Å². The van der Waals surface area contributed by atoms with Crippen LogP contribution in [0.3, 0.4) is 0 Å². The smallest absolute Gasteiger partial charge is 0.376 e. The summed E-state index contributed by atoms with van der Waals surface area (Å²) in [7, 11) is 0. The summed E-state index contributed by atoms with van der Waals surface area (Å²) in [6.45, 7) is 4.12. The molecule has 4 heteroatoms. The fourth-order valence-corrected chi connectivity index (χ4v) is 2.05. The van der Waals surface area contributed by atoms with E-state index in [1.54, 1.807) is 12.4 Å². The monoisotopic (exact) mass is 234 g/mol. The standard InChI is InChI=1S/C13H18N2O2/c1-9-3-5-11(6-4-9)17-13(16)12-14-7-10(2)8-15-12/h7-9,11H,3-6H2,1-2H3. The Morgan fingerprint density at radius 3 is 2.41 bits per heavy atom. The number of hydrogen-bond donors (Lipinski definition) is 0. The molecule has 0 N–H and O–H groups in total. The van der Waals surface area contributed by atoms with Gasteiger partial charge in [0.2, 0.25) is 5.82 Å². The van der Waals surface area contributed by atoms with Gasteiger partial charge in [-0.1, -0.05) is 6.92 Å². The molecule has 0 aliphatic heterocycles. The molecule has 1 aromatic rings. The number of aryl methyl sites for hydroxylation is 1. The Morgan fingerprint density at radius 2 is 1.82 bits per heavy atom. The molecule has 0 aromatic carbocycles. The molecule has 17 heavy (non-hydrogen) atoms. The lowest BCUT2D eigenvalue weighted by Gasteiger charge is -2.25. The molecule has 0 unspecified atom stereocenters. The zero-order valence-corrected chi connectivity index (χ0v) is 10.3. The van der Waals surface area contributed by atoms with Gasteiger partial charge in [0.1, 0.15) is 6.10 Å². The lowest BCUT2D eigenvalue weighted by Crippen LogP contribution is -2.24. The van der Waals surface area contributed by atoms with Crippen molar-refractivity contribution >= 4 is 5.97 Å². The predicted octanol–water partition coefficient (Wildman–Crippen LogP) is 2.52. The van der Waals surface area contributed by atoms with E-state index in [-0.39, 0.29) is 11.9 Å². The maximum Gasteiger partial charge on any atom is 0.376 e. The van der Waals surface area contributed by atoms with Gasteiger partial charge in [0.05, 0.1) is 0 Å². The van der Waals surface area contributed by atoms with Crippen molar-refractivity contribution in [3.8, 4) is 0 Å². The van der Waals surface area contributed by atoms with Crippen LogP contribution < -0.4 is 0 Å². The fourth-order valence-electron chi connectivity index (χ4n) is 2.05. The van der Waals surface area contributed by atoms with Gasteiger partial charge in [-0.2, -0.15) is 0 Å². The van der Waals surface area contributed by atoms with Crippen molar-refractivity contribution < 1.29 is 9.53 Å². The number of carbonyl (C=O) groups is 1. The summed E-state index contributed by atoms with van der Waals surface area (Å²) < 4.78 is 5.40. The molecule has 2 rings (SSSR count). The molecule has 0 radical (unpaired) electrons. The van der Waals surface area contributed by atoms with Crippen LogP contribution in [0.15, 0.2) is 12.4 Å². The Labute approximate surface area is 101 Å². The Kier molecular flexibility index (Phi) is 3.71. The summed E-state index contributed by atoms with van der Waals surface area (Å²) in [5.74, 6) is 0.513. The highest BCUT2D eigenvalue weighted by Gasteiger charge is 2.23. The van der Waals surface area contributed by atoms with Gasteiger partial charge in [0.25, 0.3) is 0 Å². The first kappa shape index (κ1) is 12.0. The van der Waals surface area contributed by atoms with Crippen LogP contribution in [0, 0.1) is 12.8 Å². The van der Waals surface area contributed by atoms with Crippen LogP contribution >= 0.6 is 0 Å². The van der Waals surface area contributed by atoms with Crippen molar-refractivity contribution in [2.75, 3.05) is 0 Å². The van der Waals surface area contributed by atoms with Crippen molar-refractivity contribution in [1.29, 1.82) is 0 Å². The fraction of sp³-hybridized carbons (Fsp3) is 0.615. The van der Waals surface area contributed by atoms with E-state index in [9.17, 15) is 4.79 Å². The minimum atomic E-state index is -0.399. The highest BCUT2D eigenvalue weighted by molar-refractivity contribution is 5.85. The predicted molar refractivity (Wildman–Crippen MR) is 63.6 cm³/mol. The van der Waals surface area contributed by atoms with Gasteiger partial charge >= 0.3 is 5.97 Å². The summed E-state index contributed by atoms with van der Waals surface area (Å²) in [6, 6.07) is 0. The molecule has 1 heterocycles. The van der Waals surface area contributed by atoms with Crippen molar-refractivity contribution in [1.82, 2.24) is 9.97 Å². The topological polar surface area (TPSA) is 52.1 Å². The average Bonchev–Trinajstić information content (AvgIpc) is 2.33. The largest absolute Gasteiger partial charge is 0.456 e. The molecular weight excluding hydrogens is 216 g/mol. The first-order valence-electron chi connectivity index (χ1n) is 6.15. The van der Waals surface area contributed by atoms with Crippen molar-refractivity contribution in [2.24, 2.45) is 5.92 Å². The van der Waals surface area contributed by atoms with Crippen LogP contribution in [0.2, 0.25) is 0 Å². The van der Waals surface area contributed by atoms with E-state index in [4.69, 9.17) is 4.74 Å². The zero-order chi connectivity index (χ0) is 12.3. The molecule has 1 aromatic heterocycles. The molecule has 0 spiro atoms. The van der Waals surface area contributed by atoms with E-state index in [0.717, 1.165) is 37.2 Å². The van der Waals surface area contributed by atoms with Gasteiger partial charge in [-0.25, -0.2) is 14.8 Å². The molecule has 1 saturated carbocycles. The Hall–Kier alpha value is -1.45. The summed E-state index contributed by atoms with van der Waals surface area (Å²) >= 11 is 0.